The first-order valence-corrected chi connectivity index (χ1v) is 9.98. The largest absolute Gasteiger partial charge is 0.378 e. The number of amides is 1. The maximum atomic E-state index is 13.4. The van der Waals surface area contributed by atoms with Crippen molar-refractivity contribution in [3.8, 4) is 0 Å². The molecule has 2 aliphatic rings. The molecule has 0 radical (unpaired) electrons. The van der Waals surface area contributed by atoms with Crippen LogP contribution in [0.2, 0.25) is 0 Å². The Balaban J connectivity index is 1.56. The van der Waals surface area contributed by atoms with Gasteiger partial charge in [0.15, 0.2) is 0 Å². The van der Waals surface area contributed by atoms with E-state index in [0.29, 0.717) is 0 Å². The number of rotatable bonds is 5. The summed E-state index contributed by atoms with van der Waals surface area (Å²) in [6.45, 7) is 2.80. The first kappa shape index (κ1) is 18.1. The highest BCUT2D eigenvalue weighted by atomic mass is 16.2. The average molecular weight is 364 g/mol. The zero-order valence-electron chi connectivity index (χ0n) is 16.3. The summed E-state index contributed by atoms with van der Waals surface area (Å²) in [7, 11) is 4.02. The fraction of sp³-hybridized carbons (Fsp3) is 0.435. The number of hydrogen-bond donors (Lipinski definition) is 0. The van der Waals surface area contributed by atoms with E-state index in [1.807, 2.05) is 43.3 Å². The van der Waals surface area contributed by atoms with Gasteiger partial charge in [0.05, 0.1) is 0 Å². The standard InChI is InChI=1S/C23H29N3O/c1-24(2)21-10-6-9-19(16-21)23(27)26-14-13-25(20-11-12-20)17-22(26)15-18-7-4-3-5-8-18/h3-10,16,20,22H,11-15,17H2,1-2H3. The molecule has 27 heavy (non-hydrogen) atoms. The van der Waals surface area contributed by atoms with Crippen molar-refractivity contribution >= 4 is 11.6 Å². The van der Waals surface area contributed by atoms with E-state index < -0.39 is 0 Å². The molecular weight excluding hydrogens is 334 g/mol. The number of carbonyl (C=O) groups excluding carboxylic acids is 1. The van der Waals surface area contributed by atoms with Gasteiger partial charge >= 0.3 is 0 Å². The summed E-state index contributed by atoms with van der Waals surface area (Å²) in [4.78, 5) is 20.1. The summed E-state index contributed by atoms with van der Waals surface area (Å²) in [5, 5.41) is 0. The van der Waals surface area contributed by atoms with Crippen molar-refractivity contribution < 1.29 is 4.79 Å². The quantitative estimate of drug-likeness (QED) is 0.816. The number of hydrogen-bond acceptors (Lipinski definition) is 3. The Bertz CT molecular complexity index is 785. The SMILES string of the molecule is CN(C)c1cccc(C(=O)N2CCN(C3CC3)CC2Cc2ccccc2)c1. The normalized spacial score (nSPS) is 20.5. The van der Waals surface area contributed by atoms with Crippen LogP contribution in [0.4, 0.5) is 5.69 Å². The van der Waals surface area contributed by atoms with Gasteiger partial charge in [-0.2, -0.15) is 0 Å². The predicted molar refractivity (Wildman–Crippen MR) is 110 cm³/mol. The van der Waals surface area contributed by atoms with Crippen molar-refractivity contribution in [1.29, 1.82) is 0 Å². The fourth-order valence-corrected chi connectivity index (χ4v) is 4.06. The maximum absolute atomic E-state index is 13.4. The Labute approximate surface area is 162 Å². The monoisotopic (exact) mass is 363 g/mol. The Morgan fingerprint density at radius 2 is 1.81 bits per heavy atom. The van der Waals surface area contributed by atoms with Crippen molar-refractivity contribution in [3.05, 3.63) is 65.7 Å². The molecule has 4 heteroatoms. The van der Waals surface area contributed by atoms with Crippen LogP contribution in [0.5, 0.6) is 0 Å². The molecule has 1 aliphatic carbocycles. The highest BCUT2D eigenvalue weighted by molar-refractivity contribution is 5.95. The number of benzene rings is 2. The van der Waals surface area contributed by atoms with Crippen LogP contribution in [-0.2, 0) is 6.42 Å². The molecule has 0 bridgehead atoms. The van der Waals surface area contributed by atoms with Gasteiger partial charge in [0, 0.05) is 57.1 Å². The third-order valence-corrected chi connectivity index (χ3v) is 5.76. The van der Waals surface area contributed by atoms with E-state index >= 15 is 0 Å². The Morgan fingerprint density at radius 3 is 2.52 bits per heavy atom. The van der Waals surface area contributed by atoms with E-state index in [2.05, 4.69) is 40.1 Å². The maximum Gasteiger partial charge on any atom is 0.254 e. The van der Waals surface area contributed by atoms with Crippen molar-refractivity contribution in [2.45, 2.75) is 31.3 Å². The van der Waals surface area contributed by atoms with Crippen molar-refractivity contribution in [2.24, 2.45) is 0 Å². The molecule has 1 aliphatic heterocycles. The molecule has 0 aromatic heterocycles. The van der Waals surface area contributed by atoms with Crippen LogP contribution in [0.1, 0.15) is 28.8 Å². The van der Waals surface area contributed by atoms with Crippen molar-refractivity contribution in [1.82, 2.24) is 9.80 Å². The zero-order valence-corrected chi connectivity index (χ0v) is 16.3. The second-order valence-electron chi connectivity index (χ2n) is 8.01. The highest BCUT2D eigenvalue weighted by Crippen LogP contribution is 2.30. The summed E-state index contributed by atoms with van der Waals surface area (Å²) in [6.07, 6.45) is 3.55. The minimum atomic E-state index is 0.162. The van der Waals surface area contributed by atoms with Crippen LogP contribution in [0.15, 0.2) is 54.6 Å². The van der Waals surface area contributed by atoms with E-state index in [0.717, 1.165) is 43.3 Å². The van der Waals surface area contributed by atoms with Crippen LogP contribution in [0.3, 0.4) is 0 Å². The second-order valence-corrected chi connectivity index (χ2v) is 8.01. The topological polar surface area (TPSA) is 26.8 Å². The van der Waals surface area contributed by atoms with Gasteiger partial charge in [0.2, 0.25) is 0 Å². The lowest BCUT2D eigenvalue weighted by Gasteiger charge is -2.42. The third-order valence-electron chi connectivity index (χ3n) is 5.76. The fourth-order valence-electron chi connectivity index (χ4n) is 4.06. The van der Waals surface area contributed by atoms with Crippen LogP contribution >= 0.6 is 0 Å². The van der Waals surface area contributed by atoms with Gasteiger partial charge in [-0.15, -0.1) is 0 Å². The van der Waals surface area contributed by atoms with Crippen LogP contribution in [0.25, 0.3) is 0 Å². The van der Waals surface area contributed by atoms with Gasteiger partial charge in [-0.05, 0) is 43.0 Å². The molecule has 2 aromatic carbocycles. The van der Waals surface area contributed by atoms with Crippen molar-refractivity contribution in [2.75, 3.05) is 38.6 Å². The smallest absolute Gasteiger partial charge is 0.254 e. The highest BCUT2D eigenvalue weighted by Gasteiger charge is 2.37. The molecule has 0 spiro atoms. The average Bonchev–Trinajstić information content (AvgIpc) is 3.54. The first-order valence-electron chi connectivity index (χ1n) is 9.98. The Morgan fingerprint density at radius 1 is 1.04 bits per heavy atom. The van der Waals surface area contributed by atoms with Gasteiger partial charge in [-0.25, -0.2) is 0 Å². The minimum absolute atomic E-state index is 0.162. The third kappa shape index (κ3) is 4.16. The zero-order chi connectivity index (χ0) is 18.8. The Kier molecular flexibility index (Phi) is 5.17. The van der Waals surface area contributed by atoms with Crippen LogP contribution in [0, 0.1) is 0 Å². The minimum Gasteiger partial charge on any atom is -0.378 e. The number of nitrogens with zero attached hydrogens (tertiary/aromatic N) is 3. The second kappa shape index (κ2) is 7.73. The molecule has 1 unspecified atom stereocenters. The van der Waals surface area contributed by atoms with Gasteiger partial charge in [0.25, 0.3) is 5.91 Å². The number of piperazine rings is 1. The van der Waals surface area contributed by atoms with Gasteiger partial charge in [-0.1, -0.05) is 36.4 Å². The Hall–Kier alpha value is -2.33. The summed E-state index contributed by atoms with van der Waals surface area (Å²) in [5.41, 5.74) is 3.16. The lowest BCUT2D eigenvalue weighted by molar-refractivity contribution is 0.0437. The molecule has 2 aromatic rings. The summed E-state index contributed by atoms with van der Waals surface area (Å²) >= 11 is 0. The van der Waals surface area contributed by atoms with E-state index in [1.165, 1.54) is 18.4 Å². The van der Waals surface area contributed by atoms with E-state index in [1.54, 1.807) is 0 Å². The lowest BCUT2D eigenvalue weighted by Crippen LogP contribution is -2.56. The molecule has 1 saturated carbocycles. The molecule has 1 atom stereocenters. The van der Waals surface area contributed by atoms with Crippen molar-refractivity contribution in [3.63, 3.8) is 0 Å². The van der Waals surface area contributed by atoms with Crippen LogP contribution < -0.4 is 4.90 Å². The molecule has 1 heterocycles. The van der Waals surface area contributed by atoms with Gasteiger partial charge < -0.3 is 9.80 Å². The summed E-state index contributed by atoms with van der Waals surface area (Å²) in [5.74, 6) is 0.162. The van der Waals surface area contributed by atoms with Gasteiger partial charge in [-0.3, -0.25) is 9.69 Å². The summed E-state index contributed by atoms with van der Waals surface area (Å²) < 4.78 is 0. The summed E-state index contributed by atoms with van der Waals surface area (Å²) in [6, 6.07) is 19.5. The molecular formula is C23H29N3O. The van der Waals surface area contributed by atoms with Crippen LogP contribution in [-0.4, -0.2) is 61.5 Å². The lowest BCUT2D eigenvalue weighted by atomic mass is 10.0. The molecule has 4 rings (SSSR count). The molecule has 2 fully saturated rings. The first-order chi connectivity index (χ1) is 13.1. The molecule has 1 amide bonds. The van der Waals surface area contributed by atoms with Gasteiger partial charge in [0.1, 0.15) is 0 Å². The van der Waals surface area contributed by atoms with E-state index in [-0.39, 0.29) is 11.9 Å². The van der Waals surface area contributed by atoms with E-state index in [4.69, 9.17) is 0 Å². The number of carbonyl (C=O) groups is 1. The molecule has 0 N–H and O–H groups in total. The predicted octanol–water partition coefficient (Wildman–Crippen LogP) is 3.28. The molecule has 4 nitrogen and oxygen atoms in total. The van der Waals surface area contributed by atoms with E-state index in [9.17, 15) is 4.79 Å². The molecule has 1 saturated heterocycles. The number of anilines is 1. The molecule has 142 valence electrons.